The summed E-state index contributed by atoms with van der Waals surface area (Å²) in [5.74, 6) is -0.943. The third-order valence-corrected chi connectivity index (χ3v) is 3.17. The number of carboxylic acid groups (broad SMARTS) is 1. The first kappa shape index (κ1) is 13.9. The summed E-state index contributed by atoms with van der Waals surface area (Å²) in [4.78, 5) is 12.4. The van der Waals surface area contributed by atoms with E-state index in [0.29, 0.717) is 11.4 Å². The molecular weight excluding hydrogens is 261 g/mol. The summed E-state index contributed by atoms with van der Waals surface area (Å²) in [7, 11) is 1.75. The minimum Gasteiger partial charge on any atom is -0.476 e. The normalized spacial score (nSPS) is 11.9. The van der Waals surface area contributed by atoms with Crippen LogP contribution < -0.4 is 4.90 Å². The largest absolute Gasteiger partial charge is 0.476 e. The van der Waals surface area contributed by atoms with Gasteiger partial charge in [0.05, 0.1) is 6.04 Å². The van der Waals surface area contributed by atoms with Gasteiger partial charge in [-0.15, -0.1) is 10.2 Å². The van der Waals surface area contributed by atoms with Gasteiger partial charge in [0, 0.05) is 12.6 Å². The van der Waals surface area contributed by atoms with Crippen LogP contribution in [-0.4, -0.2) is 28.3 Å². The van der Waals surface area contributed by atoms with Crippen LogP contribution in [0.25, 0.3) is 0 Å². The van der Waals surface area contributed by atoms with E-state index in [1.807, 2.05) is 6.92 Å². The average Bonchev–Trinajstić information content (AvgIpc) is 2.46. The minimum atomic E-state index is -1.13. The molecule has 0 radical (unpaired) electrons. The number of hydrogen-bond donors (Lipinski definition) is 1. The lowest BCUT2D eigenvalue weighted by Crippen LogP contribution is -2.24. The van der Waals surface area contributed by atoms with E-state index in [9.17, 15) is 9.18 Å². The lowest BCUT2D eigenvalue weighted by molar-refractivity contribution is 0.0689. The van der Waals surface area contributed by atoms with Crippen LogP contribution in [0.4, 0.5) is 10.2 Å². The van der Waals surface area contributed by atoms with Crippen LogP contribution in [0.5, 0.6) is 0 Å². The van der Waals surface area contributed by atoms with Crippen LogP contribution >= 0.6 is 0 Å². The molecular formula is C14H14FN3O2. The fourth-order valence-electron chi connectivity index (χ4n) is 1.85. The molecule has 5 nitrogen and oxygen atoms in total. The highest BCUT2D eigenvalue weighted by Crippen LogP contribution is 2.25. The lowest BCUT2D eigenvalue weighted by atomic mass is 10.1. The van der Waals surface area contributed by atoms with Crippen molar-refractivity contribution in [3.8, 4) is 0 Å². The molecule has 0 saturated carbocycles. The molecule has 1 unspecified atom stereocenters. The molecule has 0 aliphatic heterocycles. The van der Waals surface area contributed by atoms with Gasteiger partial charge in [-0.05, 0) is 25.1 Å². The number of nitrogens with zero attached hydrogens (tertiary/aromatic N) is 3. The zero-order chi connectivity index (χ0) is 14.7. The van der Waals surface area contributed by atoms with E-state index in [4.69, 9.17) is 5.11 Å². The summed E-state index contributed by atoms with van der Waals surface area (Å²) >= 11 is 0. The number of carboxylic acids is 1. The second kappa shape index (κ2) is 5.64. The zero-order valence-electron chi connectivity index (χ0n) is 11.1. The van der Waals surface area contributed by atoms with E-state index in [0.717, 1.165) is 0 Å². The molecule has 1 atom stereocenters. The van der Waals surface area contributed by atoms with E-state index in [1.54, 1.807) is 36.2 Å². The van der Waals surface area contributed by atoms with Gasteiger partial charge in [0.15, 0.2) is 11.5 Å². The van der Waals surface area contributed by atoms with Crippen molar-refractivity contribution in [2.45, 2.75) is 13.0 Å². The number of benzene rings is 1. The molecule has 1 N–H and O–H groups in total. The Morgan fingerprint density at radius 1 is 1.25 bits per heavy atom. The summed E-state index contributed by atoms with van der Waals surface area (Å²) in [6.45, 7) is 1.84. The fraction of sp³-hybridized carbons (Fsp3) is 0.214. The van der Waals surface area contributed by atoms with E-state index in [2.05, 4.69) is 10.2 Å². The Hall–Kier alpha value is -2.50. The molecule has 104 valence electrons. The van der Waals surface area contributed by atoms with Crippen molar-refractivity contribution in [2.75, 3.05) is 11.9 Å². The Bertz CT molecular complexity index is 616. The predicted molar refractivity (Wildman–Crippen MR) is 72.2 cm³/mol. The first-order chi connectivity index (χ1) is 9.50. The van der Waals surface area contributed by atoms with Crippen molar-refractivity contribution in [1.29, 1.82) is 0 Å². The highest BCUT2D eigenvalue weighted by Gasteiger charge is 2.17. The Labute approximate surface area is 115 Å². The molecule has 0 bridgehead atoms. The van der Waals surface area contributed by atoms with Gasteiger partial charge < -0.3 is 10.0 Å². The van der Waals surface area contributed by atoms with Gasteiger partial charge in [0.25, 0.3) is 0 Å². The maximum Gasteiger partial charge on any atom is 0.356 e. The van der Waals surface area contributed by atoms with E-state index in [-0.39, 0.29) is 17.6 Å². The maximum atomic E-state index is 13.7. The van der Waals surface area contributed by atoms with Gasteiger partial charge in [-0.3, -0.25) is 0 Å². The molecule has 2 aromatic rings. The number of anilines is 1. The molecule has 1 aromatic heterocycles. The number of hydrogen-bond acceptors (Lipinski definition) is 4. The Balaban J connectivity index is 2.24. The quantitative estimate of drug-likeness (QED) is 0.928. The molecule has 1 aromatic carbocycles. The first-order valence-corrected chi connectivity index (χ1v) is 6.05. The van der Waals surface area contributed by atoms with E-state index in [1.165, 1.54) is 12.1 Å². The molecule has 0 saturated heterocycles. The number of carbonyl (C=O) groups is 1. The number of halogens is 1. The highest BCUT2D eigenvalue weighted by molar-refractivity contribution is 5.85. The molecule has 20 heavy (non-hydrogen) atoms. The minimum absolute atomic E-state index is 0.124. The highest BCUT2D eigenvalue weighted by atomic mass is 19.1. The maximum absolute atomic E-state index is 13.7. The zero-order valence-corrected chi connectivity index (χ0v) is 11.1. The predicted octanol–water partition coefficient (Wildman–Crippen LogP) is 2.51. The smallest absolute Gasteiger partial charge is 0.356 e. The third-order valence-electron chi connectivity index (χ3n) is 3.17. The molecule has 0 spiro atoms. The number of aromatic nitrogens is 2. The van der Waals surface area contributed by atoms with Crippen molar-refractivity contribution in [3.05, 3.63) is 53.5 Å². The molecule has 0 amide bonds. The molecule has 0 fully saturated rings. The Kier molecular flexibility index (Phi) is 3.93. The van der Waals surface area contributed by atoms with Crippen LogP contribution in [0.2, 0.25) is 0 Å². The van der Waals surface area contributed by atoms with E-state index >= 15 is 0 Å². The Morgan fingerprint density at radius 2 is 1.95 bits per heavy atom. The monoisotopic (exact) mass is 275 g/mol. The first-order valence-electron chi connectivity index (χ1n) is 6.05. The van der Waals surface area contributed by atoms with Crippen molar-refractivity contribution in [3.63, 3.8) is 0 Å². The fourth-order valence-corrected chi connectivity index (χ4v) is 1.85. The molecule has 2 rings (SSSR count). The topological polar surface area (TPSA) is 66.3 Å². The van der Waals surface area contributed by atoms with Crippen LogP contribution in [0, 0.1) is 5.82 Å². The van der Waals surface area contributed by atoms with Crippen LogP contribution in [0.1, 0.15) is 29.0 Å². The number of rotatable bonds is 4. The molecule has 6 heteroatoms. The van der Waals surface area contributed by atoms with Crippen LogP contribution in [-0.2, 0) is 0 Å². The van der Waals surface area contributed by atoms with E-state index < -0.39 is 5.97 Å². The van der Waals surface area contributed by atoms with Crippen molar-refractivity contribution < 1.29 is 14.3 Å². The van der Waals surface area contributed by atoms with Gasteiger partial charge >= 0.3 is 5.97 Å². The summed E-state index contributed by atoms with van der Waals surface area (Å²) < 4.78 is 13.7. The van der Waals surface area contributed by atoms with Gasteiger partial charge in [0.1, 0.15) is 5.82 Å². The van der Waals surface area contributed by atoms with Gasteiger partial charge in [-0.25, -0.2) is 9.18 Å². The second-order valence-electron chi connectivity index (χ2n) is 4.39. The second-order valence-corrected chi connectivity index (χ2v) is 4.39. The van der Waals surface area contributed by atoms with Crippen molar-refractivity contribution in [2.24, 2.45) is 0 Å². The van der Waals surface area contributed by atoms with Crippen LogP contribution in [0.15, 0.2) is 36.4 Å². The standard InChI is InChI=1S/C14H14FN3O2/c1-9(10-5-3-4-6-11(10)15)18(2)13-8-7-12(14(19)20)16-17-13/h3-9H,1-2H3,(H,19,20). The molecule has 1 heterocycles. The van der Waals surface area contributed by atoms with Gasteiger partial charge in [0.2, 0.25) is 0 Å². The summed E-state index contributed by atoms with van der Waals surface area (Å²) in [5.41, 5.74) is 0.416. The van der Waals surface area contributed by atoms with Crippen molar-refractivity contribution >= 4 is 11.8 Å². The summed E-state index contributed by atoms with van der Waals surface area (Å²) in [5, 5.41) is 16.2. The molecule has 0 aliphatic rings. The van der Waals surface area contributed by atoms with Gasteiger partial charge in [-0.1, -0.05) is 18.2 Å². The molecule has 0 aliphatic carbocycles. The average molecular weight is 275 g/mol. The Morgan fingerprint density at radius 3 is 2.50 bits per heavy atom. The SMILES string of the molecule is CC(c1ccccc1F)N(C)c1ccc(C(=O)O)nn1. The van der Waals surface area contributed by atoms with Gasteiger partial charge in [-0.2, -0.15) is 0 Å². The van der Waals surface area contributed by atoms with Crippen LogP contribution in [0.3, 0.4) is 0 Å². The third kappa shape index (κ3) is 2.74. The van der Waals surface area contributed by atoms with Crippen molar-refractivity contribution in [1.82, 2.24) is 10.2 Å². The number of aromatic carboxylic acids is 1. The summed E-state index contributed by atoms with van der Waals surface area (Å²) in [6, 6.07) is 9.17. The lowest BCUT2D eigenvalue weighted by Gasteiger charge is -2.26. The summed E-state index contributed by atoms with van der Waals surface area (Å²) in [6.07, 6.45) is 0.